The molecule has 1 aromatic carbocycles. The summed E-state index contributed by atoms with van der Waals surface area (Å²) in [6, 6.07) is 7.16. The topological polar surface area (TPSA) is 32.3 Å². The van der Waals surface area contributed by atoms with Gasteiger partial charge in [-0.05, 0) is 50.1 Å². The number of hydrogen-bond acceptors (Lipinski definition) is 3. The highest BCUT2D eigenvalue weighted by Gasteiger charge is 2.36. The lowest BCUT2D eigenvalue weighted by molar-refractivity contribution is 0.0681. The molecule has 2 atom stereocenters. The average Bonchev–Trinajstić information content (AvgIpc) is 2.84. The molecule has 2 heterocycles. The van der Waals surface area contributed by atoms with Crippen LogP contribution in [0, 0.1) is 0 Å². The minimum Gasteiger partial charge on any atom is -0.339 e. The first-order valence-corrected chi connectivity index (χ1v) is 9.05. The summed E-state index contributed by atoms with van der Waals surface area (Å²) in [5.74, 6) is 0.0437. The Kier molecular flexibility index (Phi) is 4.48. The Balaban J connectivity index is 1.78. The Labute approximate surface area is 135 Å². The smallest absolute Gasteiger partial charge is 0.255 e. The maximum absolute atomic E-state index is 12.8. The molecule has 2 aliphatic heterocycles. The number of hydrogen-bond donors (Lipinski definition) is 1. The first kappa shape index (κ1) is 15.2. The van der Waals surface area contributed by atoms with Crippen molar-refractivity contribution in [2.45, 2.75) is 48.7 Å². The van der Waals surface area contributed by atoms with Crippen LogP contribution in [0.4, 0.5) is 0 Å². The predicted octanol–water partition coefficient (Wildman–Crippen LogP) is 3.42. The second-order valence-corrected chi connectivity index (χ2v) is 7.31. The fraction of sp³-hybridized carbons (Fsp3) is 0.562. The quantitative estimate of drug-likeness (QED) is 0.865. The van der Waals surface area contributed by atoms with Crippen molar-refractivity contribution in [2.24, 2.45) is 0 Å². The lowest BCUT2D eigenvalue weighted by Crippen LogP contribution is -2.48. The third-order valence-electron chi connectivity index (χ3n) is 4.72. The molecule has 114 valence electrons. The van der Waals surface area contributed by atoms with Gasteiger partial charge in [0.15, 0.2) is 0 Å². The van der Waals surface area contributed by atoms with Crippen molar-refractivity contribution in [3.63, 3.8) is 0 Å². The van der Waals surface area contributed by atoms with Crippen molar-refractivity contribution in [1.82, 2.24) is 10.2 Å². The number of fused-ring (bicyclic) bond motifs is 2. The van der Waals surface area contributed by atoms with Crippen LogP contribution in [-0.4, -0.2) is 42.2 Å². The van der Waals surface area contributed by atoms with E-state index in [0.29, 0.717) is 28.7 Å². The van der Waals surface area contributed by atoms with Crippen molar-refractivity contribution < 1.29 is 4.79 Å². The summed E-state index contributed by atoms with van der Waals surface area (Å²) >= 11 is 7.86. The lowest BCUT2D eigenvalue weighted by atomic mass is 9.98. The van der Waals surface area contributed by atoms with Gasteiger partial charge in [-0.25, -0.2) is 0 Å². The lowest BCUT2D eigenvalue weighted by Gasteiger charge is -2.35. The number of thioether (sulfide) groups is 1. The van der Waals surface area contributed by atoms with Gasteiger partial charge in [0.2, 0.25) is 0 Å². The number of rotatable bonds is 3. The summed E-state index contributed by atoms with van der Waals surface area (Å²) < 4.78 is 0. The molecule has 2 aliphatic rings. The van der Waals surface area contributed by atoms with Crippen LogP contribution in [0.2, 0.25) is 5.02 Å². The number of amides is 1. The summed E-state index contributed by atoms with van der Waals surface area (Å²) in [5.41, 5.74) is 0.622. The molecule has 0 aromatic heterocycles. The molecule has 3 rings (SSSR count). The number of halogens is 1. The van der Waals surface area contributed by atoms with Crippen LogP contribution in [0.25, 0.3) is 0 Å². The molecule has 2 bridgehead atoms. The number of nitrogens with zero attached hydrogens (tertiary/aromatic N) is 1. The van der Waals surface area contributed by atoms with E-state index >= 15 is 0 Å². The second kappa shape index (κ2) is 6.19. The van der Waals surface area contributed by atoms with Gasteiger partial charge < -0.3 is 10.2 Å². The highest BCUT2D eigenvalue weighted by Crippen LogP contribution is 2.31. The van der Waals surface area contributed by atoms with Gasteiger partial charge >= 0.3 is 0 Å². The van der Waals surface area contributed by atoms with E-state index in [2.05, 4.69) is 5.32 Å². The number of piperidine rings is 1. The van der Waals surface area contributed by atoms with Crippen LogP contribution in [0.1, 0.15) is 36.0 Å². The Morgan fingerprint density at radius 2 is 2.00 bits per heavy atom. The van der Waals surface area contributed by atoms with Crippen LogP contribution < -0.4 is 5.32 Å². The van der Waals surface area contributed by atoms with E-state index in [1.54, 1.807) is 11.8 Å². The van der Waals surface area contributed by atoms with E-state index in [4.69, 9.17) is 11.6 Å². The summed E-state index contributed by atoms with van der Waals surface area (Å²) in [4.78, 5) is 15.7. The highest BCUT2D eigenvalue weighted by atomic mass is 35.5. The van der Waals surface area contributed by atoms with Gasteiger partial charge in [-0.1, -0.05) is 11.6 Å². The molecule has 0 aliphatic carbocycles. The zero-order valence-corrected chi connectivity index (χ0v) is 14.0. The molecule has 21 heavy (non-hydrogen) atoms. The molecule has 1 amide bonds. The fourth-order valence-corrected chi connectivity index (χ4v) is 4.13. The van der Waals surface area contributed by atoms with Gasteiger partial charge in [-0.3, -0.25) is 4.79 Å². The van der Waals surface area contributed by atoms with Gasteiger partial charge in [0, 0.05) is 30.1 Å². The minimum atomic E-state index is 0.0437. The summed E-state index contributed by atoms with van der Waals surface area (Å²) in [7, 11) is 1.92. The maximum Gasteiger partial charge on any atom is 0.255 e. The standard InChI is InChI=1S/C16H21ClN2OS/c1-19(12-7-10-3-4-11(8-12)18-10)16(20)14-9-13(21-2)5-6-15(14)17/h5-6,9-12,18H,3-4,7-8H2,1-2H3. The summed E-state index contributed by atoms with van der Waals surface area (Å²) in [5, 5.41) is 4.16. The molecule has 1 N–H and O–H groups in total. The number of nitrogens with one attached hydrogen (secondary N) is 1. The largest absolute Gasteiger partial charge is 0.339 e. The van der Waals surface area contributed by atoms with Crippen LogP contribution in [0.5, 0.6) is 0 Å². The van der Waals surface area contributed by atoms with Crippen molar-refractivity contribution in [3.8, 4) is 0 Å². The summed E-state index contributed by atoms with van der Waals surface area (Å²) in [6.45, 7) is 0. The molecule has 2 unspecified atom stereocenters. The SMILES string of the molecule is CSc1ccc(Cl)c(C(=O)N(C)C2CC3CCC(C2)N3)c1. The third kappa shape index (κ3) is 3.08. The zero-order valence-electron chi connectivity index (χ0n) is 12.4. The number of carbonyl (C=O) groups excluding carboxylic acids is 1. The monoisotopic (exact) mass is 324 g/mol. The Morgan fingerprint density at radius 3 is 2.62 bits per heavy atom. The van der Waals surface area contributed by atoms with Gasteiger partial charge in [0.25, 0.3) is 5.91 Å². The molecular formula is C16H21ClN2OS. The molecule has 2 saturated heterocycles. The highest BCUT2D eigenvalue weighted by molar-refractivity contribution is 7.98. The van der Waals surface area contributed by atoms with Crippen molar-refractivity contribution in [2.75, 3.05) is 13.3 Å². The number of benzene rings is 1. The molecule has 3 nitrogen and oxygen atoms in total. The molecule has 1 aromatic rings. The molecule has 2 fully saturated rings. The average molecular weight is 325 g/mol. The maximum atomic E-state index is 12.8. The molecule has 0 radical (unpaired) electrons. The van der Waals surface area contributed by atoms with Gasteiger partial charge in [0.05, 0.1) is 10.6 Å². The van der Waals surface area contributed by atoms with Crippen LogP contribution in [0.3, 0.4) is 0 Å². The Hall–Kier alpha value is -0.710. The number of carbonyl (C=O) groups is 1. The first-order chi connectivity index (χ1) is 10.1. The van der Waals surface area contributed by atoms with Crippen LogP contribution in [-0.2, 0) is 0 Å². The first-order valence-electron chi connectivity index (χ1n) is 7.45. The fourth-order valence-electron chi connectivity index (χ4n) is 3.49. The van der Waals surface area contributed by atoms with Gasteiger partial charge in [0.1, 0.15) is 0 Å². The van der Waals surface area contributed by atoms with Crippen LogP contribution >= 0.6 is 23.4 Å². The Bertz CT molecular complexity index is 539. The van der Waals surface area contributed by atoms with E-state index in [1.165, 1.54) is 12.8 Å². The minimum absolute atomic E-state index is 0.0437. The predicted molar refractivity (Wildman–Crippen MR) is 88.3 cm³/mol. The van der Waals surface area contributed by atoms with Crippen molar-refractivity contribution in [1.29, 1.82) is 0 Å². The van der Waals surface area contributed by atoms with E-state index in [9.17, 15) is 4.79 Å². The summed E-state index contributed by atoms with van der Waals surface area (Å²) in [6.07, 6.45) is 6.60. The van der Waals surface area contributed by atoms with Gasteiger partial charge in [-0.2, -0.15) is 0 Å². The van der Waals surface area contributed by atoms with Crippen molar-refractivity contribution in [3.05, 3.63) is 28.8 Å². The Morgan fingerprint density at radius 1 is 1.33 bits per heavy atom. The van der Waals surface area contributed by atoms with E-state index in [0.717, 1.165) is 17.7 Å². The molecular weight excluding hydrogens is 304 g/mol. The van der Waals surface area contributed by atoms with Crippen molar-refractivity contribution >= 4 is 29.3 Å². The van der Waals surface area contributed by atoms with Gasteiger partial charge in [-0.15, -0.1) is 11.8 Å². The van der Waals surface area contributed by atoms with E-state index in [1.807, 2.05) is 36.4 Å². The second-order valence-electron chi connectivity index (χ2n) is 6.02. The zero-order chi connectivity index (χ0) is 15.0. The molecule has 0 spiro atoms. The molecule has 5 heteroatoms. The van der Waals surface area contributed by atoms with E-state index in [-0.39, 0.29) is 5.91 Å². The molecule has 0 saturated carbocycles. The van der Waals surface area contributed by atoms with Crippen LogP contribution in [0.15, 0.2) is 23.1 Å². The third-order valence-corrected chi connectivity index (χ3v) is 5.78. The van der Waals surface area contributed by atoms with E-state index < -0.39 is 0 Å². The normalized spacial score (nSPS) is 27.7.